The van der Waals surface area contributed by atoms with Gasteiger partial charge >= 0.3 is 0 Å². The molecule has 98 valence electrons. The average Bonchev–Trinajstić information content (AvgIpc) is 2.61. The predicted molar refractivity (Wildman–Crippen MR) is 77.6 cm³/mol. The second-order valence-corrected chi connectivity index (χ2v) is 6.06. The van der Waals surface area contributed by atoms with Gasteiger partial charge in [-0.3, -0.25) is 0 Å². The van der Waals surface area contributed by atoms with Crippen molar-refractivity contribution >= 4 is 17.3 Å². The van der Waals surface area contributed by atoms with Gasteiger partial charge in [-0.15, -0.1) is 0 Å². The smallest absolute Gasteiger partial charge is 0.0642 e. The summed E-state index contributed by atoms with van der Waals surface area (Å²) in [4.78, 5) is 2.60. The maximum atomic E-state index is 6.43. The van der Waals surface area contributed by atoms with E-state index in [4.69, 9.17) is 11.6 Å². The highest BCUT2D eigenvalue weighted by molar-refractivity contribution is 6.33. The molecule has 2 aliphatic heterocycles. The standard InChI is InChI=1S/C15H21ClN2/c1-10-4-3-5-14(16)15(10)18-12-6-7-13(18)9-11(8-12)17-2/h3-5,11-13,17H,6-9H2,1-2H3. The summed E-state index contributed by atoms with van der Waals surface area (Å²) in [5.41, 5.74) is 2.59. The molecule has 2 saturated heterocycles. The van der Waals surface area contributed by atoms with Crippen molar-refractivity contribution in [1.82, 2.24) is 5.32 Å². The van der Waals surface area contributed by atoms with Crippen LogP contribution in [0.5, 0.6) is 0 Å². The molecule has 2 atom stereocenters. The lowest BCUT2D eigenvalue weighted by molar-refractivity contribution is 0.373. The van der Waals surface area contributed by atoms with Crippen LogP contribution in [0.4, 0.5) is 5.69 Å². The van der Waals surface area contributed by atoms with E-state index in [9.17, 15) is 0 Å². The van der Waals surface area contributed by atoms with Gasteiger partial charge < -0.3 is 10.2 Å². The molecule has 2 aliphatic rings. The number of para-hydroxylation sites is 1. The molecule has 2 bridgehead atoms. The van der Waals surface area contributed by atoms with E-state index in [1.807, 2.05) is 12.1 Å². The Morgan fingerprint density at radius 2 is 1.89 bits per heavy atom. The fourth-order valence-electron chi connectivity index (χ4n) is 3.73. The summed E-state index contributed by atoms with van der Waals surface area (Å²) in [6, 6.07) is 8.25. The van der Waals surface area contributed by atoms with Crippen LogP contribution >= 0.6 is 11.6 Å². The lowest BCUT2D eigenvalue weighted by Gasteiger charge is -2.41. The maximum absolute atomic E-state index is 6.43. The number of anilines is 1. The first-order valence-corrected chi connectivity index (χ1v) is 7.29. The second-order valence-electron chi connectivity index (χ2n) is 5.65. The molecular weight excluding hydrogens is 244 g/mol. The van der Waals surface area contributed by atoms with E-state index in [2.05, 4.69) is 30.3 Å². The minimum absolute atomic E-state index is 0.666. The molecule has 1 aromatic rings. The van der Waals surface area contributed by atoms with E-state index in [1.54, 1.807) is 0 Å². The molecule has 0 aliphatic carbocycles. The molecule has 2 nitrogen and oxygen atoms in total. The first-order chi connectivity index (χ1) is 8.70. The van der Waals surface area contributed by atoms with Crippen LogP contribution in [-0.2, 0) is 0 Å². The normalized spacial score (nSPS) is 30.8. The average molecular weight is 265 g/mol. The van der Waals surface area contributed by atoms with Gasteiger partial charge in [-0.25, -0.2) is 0 Å². The Morgan fingerprint density at radius 1 is 1.22 bits per heavy atom. The van der Waals surface area contributed by atoms with Crippen LogP contribution in [0.25, 0.3) is 0 Å². The molecule has 2 unspecified atom stereocenters. The topological polar surface area (TPSA) is 15.3 Å². The van der Waals surface area contributed by atoms with Crippen LogP contribution in [0.3, 0.4) is 0 Å². The number of hydrogen-bond acceptors (Lipinski definition) is 2. The Kier molecular flexibility index (Phi) is 3.25. The Balaban J connectivity index is 1.94. The summed E-state index contributed by atoms with van der Waals surface area (Å²) in [5, 5.41) is 4.36. The molecule has 3 heteroatoms. The van der Waals surface area contributed by atoms with Crippen LogP contribution in [0.15, 0.2) is 18.2 Å². The zero-order chi connectivity index (χ0) is 12.7. The van der Waals surface area contributed by atoms with Crippen molar-refractivity contribution in [1.29, 1.82) is 0 Å². The van der Waals surface area contributed by atoms with E-state index in [0.29, 0.717) is 18.1 Å². The zero-order valence-corrected chi connectivity index (χ0v) is 11.9. The summed E-state index contributed by atoms with van der Waals surface area (Å²) in [6.45, 7) is 2.17. The SMILES string of the molecule is CNC1CC2CCC(C1)N2c1c(C)cccc1Cl. The number of benzene rings is 1. The molecule has 0 saturated carbocycles. The third-order valence-corrected chi connectivity index (χ3v) is 4.89. The van der Waals surface area contributed by atoms with E-state index < -0.39 is 0 Å². The van der Waals surface area contributed by atoms with Crippen molar-refractivity contribution in [3.05, 3.63) is 28.8 Å². The highest BCUT2D eigenvalue weighted by Gasteiger charge is 2.41. The molecule has 18 heavy (non-hydrogen) atoms. The van der Waals surface area contributed by atoms with Gasteiger partial charge in [-0.1, -0.05) is 23.7 Å². The number of halogens is 1. The molecule has 2 fully saturated rings. The van der Waals surface area contributed by atoms with E-state index in [-0.39, 0.29) is 0 Å². The Hall–Kier alpha value is -0.730. The third-order valence-electron chi connectivity index (χ3n) is 4.59. The lowest BCUT2D eigenvalue weighted by atomic mass is 9.96. The highest BCUT2D eigenvalue weighted by Crippen LogP contribution is 2.43. The van der Waals surface area contributed by atoms with E-state index in [0.717, 1.165) is 5.02 Å². The number of hydrogen-bond donors (Lipinski definition) is 1. The molecule has 2 heterocycles. The van der Waals surface area contributed by atoms with Crippen LogP contribution in [0, 0.1) is 6.92 Å². The summed E-state index contributed by atoms with van der Waals surface area (Å²) in [6.07, 6.45) is 5.12. The van der Waals surface area contributed by atoms with E-state index >= 15 is 0 Å². The molecule has 1 aromatic carbocycles. The van der Waals surface area contributed by atoms with Crippen molar-refractivity contribution < 1.29 is 0 Å². The summed E-state index contributed by atoms with van der Waals surface area (Å²) >= 11 is 6.43. The molecular formula is C15H21ClN2. The van der Waals surface area contributed by atoms with Gasteiger partial charge in [0.15, 0.2) is 0 Å². The molecule has 0 aromatic heterocycles. The number of piperidine rings is 1. The number of fused-ring (bicyclic) bond motifs is 2. The number of aryl methyl sites for hydroxylation is 1. The van der Waals surface area contributed by atoms with Gasteiger partial charge in [0.05, 0.1) is 10.7 Å². The van der Waals surface area contributed by atoms with Gasteiger partial charge in [0.1, 0.15) is 0 Å². The van der Waals surface area contributed by atoms with Crippen molar-refractivity contribution in [2.75, 3.05) is 11.9 Å². The quantitative estimate of drug-likeness (QED) is 0.881. The summed E-state index contributed by atoms with van der Waals surface area (Å²) in [7, 11) is 2.08. The molecule has 0 spiro atoms. The van der Waals surface area contributed by atoms with Gasteiger partial charge in [0, 0.05) is 18.1 Å². The van der Waals surface area contributed by atoms with Gasteiger partial charge in [-0.05, 0) is 51.3 Å². The molecule has 0 radical (unpaired) electrons. The zero-order valence-electron chi connectivity index (χ0n) is 11.1. The van der Waals surface area contributed by atoms with Gasteiger partial charge in [0.25, 0.3) is 0 Å². The van der Waals surface area contributed by atoms with Gasteiger partial charge in [0.2, 0.25) is 0 Å². The lowest BCUT2D eigenvalue weighted by Crippen LogP contribution is -2.48. The van der Waals surface area contributed by atoms with E-state index in [1.165, 1.54) is 36.9 Å². The largest absolute Gasteiger partial charge is 0.364 e. The third kappa shape index (κ3) is 1.92. The number of nitrogens with one attached hydrogen (secondary N) is 1. The molecule has 0 amide bonds. The Labute approximate surface area is 114 Å². The van der Waals surface area contributed by atoms with Crippen LogP contribution in [-0.4, -0.2) is 25.2 Å². The highest BCUT2D eigenvalue weighted by atomic mass is 35.5. The monoisotopic (exact) mass is 264 g/mol. The van der Waals surface area contributed by atoms with Crippen molar-refractivity contribution in [3.8, 4) is 0 Å². The molecule has 1 N–H and O–H groups in total. The summed E-state index contributed by atoms with van der Waals surface area (Å²) in [5.74, 6) is 0. The van der Waals surface area contributed by atoms with Gasteiger partial charge in [-0.2, -0.15) is 0 Å². The fourth-order valence-corrected chi connectivity index (χ4v) is 4.05. The van der Waals surface area contributed by atoms with Crippen molar-refractivity contribution in [2.24, 2.45) is 0 Å². The van der Waals surface area contributed by atoms with Crippen molar-refractivity contribution in [3.63, 3.8) is 0 Å². The maximum Gasteiger partial charge on any atom is 0.0642 e. The summed E-state index contributed by atoms with van der Waals surface area (Å²) < 4.78 is 0. The van der Waals surface area contributed by atoms with Crippen LogP contribution in [0.2, 0.25) is 5.02 Å². The molecule has 3 rings (SSSR count). The minimum atomic E-state index is 0.666. The van der Waals surface area contributed by atoms with Crippen LogP contribution < -0.4 is 10.2 Å². The fraction of sp³-hybridized carbons (Fsp3) is 0.600. The predicted octanol–water partition coefficient (Wildman–Crippen LogP) is 3.37. The Bertz CT molecular complexity index is 412. The van der Waals surface area contributed by atoms with Crippen molar-refractivity contribution in [2.45, 2.75) is 50.7 Å². The first kappa shape index (κ1) is 12.3. The number of nitrogens with zero attached hydrogens (tertiary/aromatic N) is 1. The minimum Gasteiger partial charge on any atom is -0.364 e. The number of rotatable bonds is 2. The first-order valence-electron chi connectivity index (χ1n) is 6.91. The van der Waals surface area contributed by atoms with Crippen LogP contribution in [0.1, 0.15) is 31.2 Å². The Morgan fingerprint density at radius 3 is 2.44 bits per heavy atom. The second kappa shape index (κ2) is 4.75.